The average molecular weight is 348 g/mol. The van der Waals surface area contributed by atoms with E-state index in [0.717, 1.165) is 29.6 Å². The van der Waals surface area contributed by atoms with Gasteiger partial charge in [-0.05, 0) is 50.1 Å². The van der Waals surface area contributed by atoms with Crippen LogP contribution in [0, 0.1) is 11.3 Å². The molecular formula is C20H20N4S. The van der Waals surface area contributed by atoms with E-state index in [4.69, 9.17) is 10.2 Å². The molecule has 1 aromatic carbocycles. The Bertz CT molecular complexity index is 940. The smallest absolute Gasteiger partial charge is 0.101 e. The largest absolute Gasteiger partial charge is 0.300 e. The number of likely N-dealkylation sites (tertiary alicyclic amines) is 1. The molecule has 4 rings (SSSR count). The number of fused-ring (bicyclic) bond motifs is 1. The first kappa shape index (κ1) is 16.2. The summed E-state index contributed by atoms with van der Waals surface area (Å²) in [5.41, 5.74) is 3.70. The predicted molar refractivity (Wildman–Crippen MR) is 102 cm³/mol. The van der Waals surface area contributed by atoms with Crippen LogP contribution in [-0.2, 0) is 6.42 Å². The van der Waals surface area contributed by atoms with Gasteiger partial charge < -0.3 is 4.90 Å². The Labute approximate surface area is 151 Å². The monoisotopic (exact) mass is 348 g/mol. The number of aromatic nitrogens is 2. The van der Waals surface area contributed by atoms with E-state index in [1.807, 2.05) is 6.07 Å². The molecule has 126 valence electrons. The predicted octanol–water partition coefficient (Wildman–Crippen LogP) is 4.26. The van der Waals surface area contributed by atoms with Crippen molar-refractivity contribution in [3.8, 4) is 17.2 Å². The fourth-order valence-corrected chi connectivity index (χ4v) is 4.48. The maximum atomic E-state index is 9.05. The zero-order chi connectivity index (χ0) is 17.2. The Morgan fingerprint density at radius 3 is 3.00 bits per heavy atom. The van der Waals surface area contributed by atoms with Gasteiger partial charge in [-0.1, -0.05) is 6.07 Å². The molecule has 0 saturated carbocycles. The molecule has 0 amide bonds. The molecule has 3 heterocycles. The van der Waals surface area contributed by atoms with Crippen LogP contribution in [0.25, 0.3) is 21.3 Å². The van der Waals surface area contributed by atoms with Crippen molar-refractivity contribution in [1.82, 2.24) is 14.9 Å². The van der Waals surface area contributed by atoms with Crippen molar-refractivity contribution in [3.63, 3.8) is 0 Å². The molecular weight excluding hydrogens is 328 g/mol. The average Bonchev–Trinajstić information content (AvgIpc) is 3.24. The van der Waals surface area contributed by atoms with Crippen molar-refractivity contribution in [3.05, 3.63) is 47.2 Å². The van der Waals surface area contributed by atoms with Gasteiger partial charge in [-0.25, -0.2) is 4.98 Å². The van der Waals surface area contributed by atoms with Gasteiger partial charge in [-0.2, -0.15) is 5.26 Å². The van der Waals surface area contributed by atoms with Gasteiger partial charge in [0.2, 0.25) is 0 Å². The highest BCUT2D eigenvalue weighted by atomic mass is 32.1. The third kappa shape index (κ3) is 3.41. The summed E-state index contributed by atoms with van der Waals surface area (Å²) in [7, 11) is 0. The Hall–Kier alpha value is -2.29. The van der Waals surface area contributed by atoms with E-state index >= 15 is 0 Å². The highest BCUT2D eigenvalue weighted by Gasteiger charge is 2.20. The topological polar surface area (TPSA) is 52.8 Å². The third-order valence-corrected chi connectivity index (χ3v) is 6.01. The molecule has 2 aromatic heterocycles. The van der Waals surface area contributed by atoms with E-state index in [1.165, 1.54) is 29.1 Å². The van der Waals surface area contributed by atoms with E-state index in [9.17, 15) is 0 Å². The SMILES string of the molecule is C[C@@H]1CCCN1CCc1nc2ccc(-c3cncc(C#N)c3)cc2s1. The number of rotatable bonds is 4. The molecule has 5 heteroatoms. The normalized spacial score (nSPS) is 17.8. The number of benzene rings is 1. The van der Waals surface area contributed by atoms with Crippen LogP contribution in [0.1, 0.15) is 30.3 Å². The molecule has 4 nitrogen and oxygen atoms in total. The summed E-state index contributed by atoms with van der Waals surface area (Å²) in [5, 5.41) is 10.3. The lowest BCUT2D eigenvalue weighted by atomic mass is 10.1. The van der Waals surface area contributed by atoms with Crippen molar-refractivity contribution >= 4 is 21.6 Å². The lowest BCUT2D eigenvalue weighted by Crippen LogP contribution is -2.28. The summed E-state index contributed by atoms with van der Waals surface area (Å²) in [6, 6.07) is 11.0. The van der Waals surface area contributed by atoms with E-state index < -0.39 is 0 Å². The van der Waals surface area contributed by atoms with Gasteiger partial charge in [0.25, 0.3) is 0 Å². The van der Waals surface area contributed by atoms with Crippen molar-refractivity contribution in [2.24, 2.45) is 0 Å². The van der Waals surface area contributed by atoms with E-state index in [2.05, 4.69) is 41.1 Å². The maximum absolute atomic E-state index is 9.05. The number of hydrogen-bond acceptors (Lipinski definition) is 5. The molecule has 0 bridgehead atoms. The second kappa shape index (κ2) is 6.91. The number of thiazole rings is 1. The second-order valence-electron chi connectivity index (χ2n) is 6.64. The minimum Gasteiger partial charge on any atom is -0.300 e. The summed E-state index contributed by atoms with van der Waals surface area (Å²) in [6.45, 7) is 4.64. The molecule has 1 atom stereocenters. The Morgan fingerprint density at radius 1 is 1.28 bits per heavy atom. The highest BCUT2D eigenvalue weighted by Crippen LogP contribution is 2.29. The Kier molecular flexibility index (Phi) is 4.48. The fraction of sp³-hybridized carbons (Fsp3) is 0.350. The zero-order valence-corrected chi connectivity index (χ0v) is 15.1. The molecule has 0 spiro atoms. The van der Waals surface area contributed by atoms with Crippen LogP contribution in [0.15, 0.2) is 36.7 Å². The van der Waals surface area contributed by atoms with Crippen LogP contribution in [-0.4, -0.2) is 34.0 Å². The second-order valence-corrected chi connectivity index (χ2v) is 7.76. The van der Waals surface area contributed by atoms with Crippen molar-refractivity contribution in [1.29, 1.82) is 5.26 Å². The lowest BCUT2D eigenvalue weighted by Gasteiger charge is -2.19. The molecule has 1 aliphatic rings. The molecule has 1 aliphatic heterocycles. The first-order valence-corrected chi connectivity index (χ1v) is 9.53. The summed E-state index contributed by atoms with van der Waals surface area (Å²) in [6.07, 6.45) is 7.05. The molecule has 0 unspecified atom stereocenters. The summed E-state index contributed by atoms with van der Waals surface area (Å²) in [5.74, 6) is 0. The minimum absolute atomic E-state index is 0.585. The van der Waals surface area contributed by atoms with Gasteiger partial charge in [0.15, 0.2) is 0 Å². The van der Waals surface area contributed by atoms with E-state index in [0.29, 0.717) is 11.6 Å². The summed E-state index contributed by atoms with van der Waals surface area (Å²) >= 11 is 1.78. The van der Waals surface area contributed by atoms with E-state index in [-0.39, 0.29) is 0 Å². The maximum Gasteiger partial charge on any atom is 0.101 e. The van der Waals surface area contributed by atoms with Crippen molar-refractivity contribution < 1.29 is 0 Å². The molecule has 1 saturated heterocycles. The van der Waals surface area contributed by atoms with Crippen LogP contribution < -0.4 is 0 Å². The number of nitrogens with zero attached hydrogens (tertiary/aromatic N) is 4. The quantitative estimate of drug-likeness (QED) is 0.707. The molecule has 0 aliphatic carbocycles. The van der Waals surface area contributed by atoms with Crippen LogP contribution >= 0.6 is 11.3 Å². The molecule has 3 aromatic rings. The van der Waals surface area contributed by atoms with Crippen LogP contribution in [0.5, 0.6) is 0 Å². The molecule has 0 N–H and O–H groups in total. The first-order chi connectivity index (χ1) is 12.2. The first-order valence-electron chi connectivity index (χ1n) is 8.72. The fourth-order valence-electron chi connectivity index (χ4n) is 3.48. The van der Waals surface area contributed by atoms with E-state index in [1.54, 1.807) is 23.7 Å². The lowest BCUT2D eigenvalue weighted by molar-refractivity contribution is 0.272. The van der Waals surface area contributed by atoms with Gasteiger partial charge in [-0.15, -0.1) is 11.3 Å². The van der Waals surface area contributed by atoms with Gasteiger partial charge >= 0.3 is 0 Å². The molecule has 0 radical (unpaired) electrons. The van der Waals surface area contributed by atoms with Crippen LogP contribution in [0.3, 0.4) is 0 Å². The minimum atomic E-state index is 0.585. The zero-order valence-electron chi connectivity index (χ0n) is 14.3. The number of pyridine rings is 1. The standard InChI is InChI=1S/C20H20N4S/c1-14-3-2-7-24(14)8-6-20-23-18-5-4-16(10-19(18)25-20)17-9-15(11-21)12-22-13-17/h4-5,9-10,12-14H,2-3,6-8H2,1H3/t14-/m1/s1. The molecule has 25 heavy (non-hydrogen) atoms. The third-order valence-electron chi connectivity index (χ3n) is 4.94. The van der Waals surface area contributed by atoms with Crippen molar-refractivity contribution in [2.45, 2.75) is 32.2 Å². The van der Waals surface area contributed by atoms with Gasteiger partial charge in [0, 0.05) is 37.0 Å². The molecule has 1 fully saturated rings. The Morgan fingerprint density at radius 2 is 2.20 bits per heavy atom. The summed E-state index contributed by atoms with van der Waals surface area (Å²) < 4.78 is 1.20. The number of nitriles is 1. The highest BCUT2D eigenvalue weighted by molar-refractivity contribution is 7.18. The van der Waals surface area contributed by atoms with Crippen LogP contribution in [0.4, 0.5) is 0 Å². The summed E-state index contributed by atoms with van der Waals surface area (Å²) in [4.78, 5) is 11.5. The Balaban J connectivity index is 1.55. The van der Waals surface area contributed by atoms with Crippen molar-refractivity contribution in [2.75, 3.05) is 13.1 Å². The van der Waals surface area contributed by atoms with Gasteiger partial charge in [0.1, 0.15) is 6.07 Å². The van der Waals surface area contributed by atoms with Crippen LogP contribution in [0.2, 0.25) is 0 Å². The van der Waals surface area contributed by atoms with Gasteiger partial charge in [-0.3, -0.25) is 4.98 Å². The number of hydrogen-bond donors (Lipinski definition) is 0. The van der Waals surface area contributed by atoms with Gasteiger partial charge in [0.05, 0.1) is 20.8 Å².